The van der Waals surface area contributed by atoms with Gasteiger partial charge in [0.25, 0.3) is 0 Å². The highest BCUT2D eigenvalue weighted by Gasteiger charge is 2.22. The van der Waals surface area contributed by atoms with Gasteiger partial charge in [-0.25, -0.2) is 0 Å². The van der Waals surface area contributed by atoms with Gasteiger partial charge in [-0.05, 0) is 12.1 Å². The first kappa shape index (κ1) is 14.2. The van der Waals surface area contributed by atoms with E-state index >= 15 is 0 Å². The number of methoxy groups -OCH3 is 3. The molecule has 0 radical (unpaired) electrons. The van der Waals surface area contributed by atoms with Crippen LogP contribution in [0.1, 0.15) is 5.56 Å². The summed E-state index contributed by atoms with van der Waals surface area (Å²) in [5.41, 5.74) is 0.257. The number of benzene rings is 1. The molecular formula is C12H13F3O3. The van der Waals surface area contributed by atoms with Gasteiger partial charge in [-0.15, -0.1) is 0 Å². The molecule has 0 heterocycles. The normalized spacial score (nSPS) is 11.7. The van der Waals surface area contributed by atoms with Gasteiger partial charge < -0.3 is 14.2 Å². The van der Waals surface area contributed by atoms with Gasteiger partial charge in [0.1, 0.15) is 5.75 Å². The van der Waals surface area contributed by atoms with E-state index in [4.69, 9.17) is 14.2 Å². The Balaban J connectivity index is 3.21. The zero-order chi connectivity index (χ0) is 13.8. The van der Waals surface area contributed by atoms with Crippen molar-refractivity contribution in [1.82, 2.24) is 0 Å². The van der Waals surface area contributed by atoms with Crippen LogP contribution in [0.4, 0.5) is 13.2 Å². The fourth-order valence-corrected chi connectivity index (χ4v) is 1.37. The largest absolute Gasteiger partial charge is 0.496 e. The zero-order valence-electron chi connectivity index (χ0n) is 10.2. The molecule has 0 aromatic heterocycles. The van der Waals surface area contributed by atoms with Crippen molar-refractivity contribution in [1.29, 1.82) is 0 Å². The van der Waals surface area contributed by atoms with Gasteiger partial charge in [0.05, 0.1) is 21.3 Å². The van der Waals surface area contributed by atoms with Crippen LogP contribution in [-0.4, -0.2) is 27.5 Å². The Bertz CT molecular complexity index is 439. The minimum atomic E-state index is -4.38. The number of hydrogen-bond acceptors (Lipinski definition) is 3. The zero-order valence-corrected chi connectivity index (χ0v) is 10.2. The smallest absolute Gasteiger partial charge is 0.409 e. The fraction of sp³-hybridized carbons (Fsp3) is 0.333. The summed E-state index contributed by atoms with van der Waals surface area (Å²) >= 11 is 0. The van der Waals surface area contributed by atoms with Crippen LogP contribution >= 0.6 is 0 Å². The highest BCUT2D eigenvalue weighted by Crippen LogP contribution is 2.35. The first-order valence-electron chi connectivity index (χ1n) is 4.97. The van der Waals surface area contributed by atoms with Gasteiger partial charge in [-0.2, -0.15) is 13.2 Å². The average molecular weight is 262 g/mol. The first-order chi connectivity index (χ1) is 8.41. The number of rotatable bonds is 4. The third-order valence-electron chi connectivity index (χ3n) is 2.19. The Labute approximate surface area is 103 Å². The minimum Gasteiger partial charge on any atom is -0.496 e. The van der Waals surface area contributed by atoms with E-state index in [-0.39, 0.29) is 17.4 Å². The van der Waals surface area contributed by atoms with Gasteiger partial charge >= 0.3 is 6.18 Å². The van der Waals surface area contributed by atoms with E-state index in [9.17, 15) is 13.2 Å². The van der Waals surface area contributed by atoms with Crippen molar-refractivity contribution in [2.24, 2.45) is 0 Å². The van der Waals surface area contributed by atoms with Crippen LogP contribution in [0, 0.1) is 0 Å². The van der Waals surface area contributed by atoms with E-state index in [0.29, 0.717) is 11.5 Å². The van der Waals surface area contributed by atoms with E-state index in [0.717, 1.165) is 6.08 Å². The maximum atomic E-state index is 12.1. The Hall–Kier alpha value is -1.85. The van der Waals surface area contributed by atoms with Gasteiger partial charge in [0, 0.05) is 17.7 Å². The Morgan fingerprint density at radius 3 is 1.83 bits per heavy atom. The summed E-state index contributed by atoms with van der Waals surface area (Å²) in [7, 11) is 4.20. The molecule has 1 rings (SSSR count). The predicted molar refractivity (Wildman–Crippen MR) is 61.2 cm³/mol. The first-order valence-corrected chi connectivity index (χ1v) is 4.97. The van der Waals surface area contributed by atoms with E-state index in [2.05, 4.69) is 0 Å². The molecule has 0 bridgehead atoms. The second kappa shape index (κ2) is 5.66. The van der Waals surface area contributed by atoms with Crippen LogP contribution in [0.3, 0.4) is 0 Å². The summed E-state index contributed by atoms with van der Waals surface area (Å²) in [6, 6.07) is 2.88. The van der Waals surface area contributed by atoms with E-state index in [1.54, 1.807) is 0 Å². The Morgan fingerprint density at radius 1 is 0.889 bits per heavy atom. The van der Waals surface area contributed by atoms with Gasteiger partial charge in [0.15, 0.2) is 11.5 Å². The molecule has 0 fully saturated rings. The second-order valence-corrected chi connectivity index (χ2v) is 3.32. The molecule has 100 valence electrons. The quantitative estimate of drug-likeness (QED) is 0.833. The van der Waals surface area contributed by atoms with Crippen LogP contribution in [0.25, 0.3) is 6.08 Å². The molecule has 0 aliphatic carbocycles. The molecular weight excluding hydrogens is 249 g/mol. The molecule has 0 unspecified atom stereocenters. The lowest BCUT2D eigenvalue weighted by atomic mass is 10.1. The van der Waals surface area contributed by atoms with Crippen LogP contribution in [0.15, 0.2) is 18.2 Å². The molecule has 0 spiro atoms. The van der Waals surface area contributed by atoms with E-state index in [1.807, 2.05) is 0 Å². The molecule has 1 aromatic rings. The van der Waals surface area contributed by atoms with Gasteiger partial charge in [-0.3, -0.25) is 0 Å². The molecule has 18 heavy (non-hydrogen) atoms. The summed E-state index contributed by atoms with van der Waals surface area (Å²) < 4.78 is 51.4. The summed E-state index contributed by atoms with van der Waals surface area (Å²) in [6.07, 6.45) is -3.32. The standard InChI is InChI=1S/C12H13F3O3/c1-16-9-7-11(18-3)10(17-2)6-8(9)4-5-12(13,14)15/h4-7H,1-3H3/b5-4+. The maximum Gasteiger partial charge on any atom is 0.409 e. The second-order valence-electron chi connectivity index (χ2n) is 3.32. The summed E-state index contributed by atoms with van der Waals surface area (Å²) in [4.78, 5) is 0. The lowest BCUT2D eigenvalue weighted by Gasteiger charge is -2.12. The summed E-state index contributed by atoms with van der Waals surface area (Å²) in [5.74, 6) is 0.992. The third kappa shape index (κ3) is 3.58. The van der Waals surface area contributed by atoms with Crippen LogP contribution in [0.5, 0.6) is 17.2 Å². The third-order valence-corrected chi connectivity index (χ3v) is 2.19. The molecule has 0 aliphatic rings. The fourth-order valence-electron chi connectivity index (χ4n) is 1.37. The molecule has 0 atom stereocenters. The van der Waals surface area contributed by atoms with Crippen molar-refractivity contribution in [3.8, 4) is 17.2 Å². The molecule has 0 amide bonds. The molecule has 0 saturated heterocycles. The highest BCUT2D eigenvalue weighted by molar-refractivity contribution is 5.63. The van der Waals surface area contributed by atoms with Crippen LogP contribution < -0.4 is 14.2 Å². The van der Waals surface area contributed by atoms with E-state index < -0.39 is 6.18 Å². The maximum absolute atomic E-state index is 12.1. The molecule has 0 saturated carbocycles. The Morgan fingerprint density at radius 2 is 1.39 bits per heavy atom. The van der Waals surface area contributed by atoms with Crippen molar-refractivity contribution in [3.05, 3.63) is 23.8 Å². The summed E-state index contributed by atoms with van der Waals surface area (Å²) in [6.45, 7) is 0. The molecule has 0 aliphatic heterocycles. The topological polar surface area (TPSA) is 27.7 Å². The average Bonchev–Trinajstić information content (AvgIpc) is 2.34. The van der Waals surface area contributed by atoms with Crippen LogP contribution in [0.2, 0.25) is 0 Å². The monoisotopic (exact) mass is 262 g/mol. The molecule has 6 heteroatoms. The SMILES string of the molecule is COc1cc(OC)c(OC)cc1/C=C/C(F)(F)F. The lowest BCUT2D eigenvalue weighted by molar-refractivity contribution is -0.0790. The number of allylic oxidation sites excluding steroid dienone is 1. The van der Waals surface area contributed by atoms with Crippen LogP contribution in [-0.2, 0) is 0 Å². The van der Waals surface area contributed by atoms with E-state index in [1.165, 1.54) is 33.5 Å². The number of ether oxygens (including phenoxy) is 3. The molecule has 1 aromatic carbocycles. The number of alkyl halides is 3. The molecule has 3 nitrogen and oxygen atoms in total. The lowest BCUT2D eigenvalue weighted by Crippen LogP contribution is -2.01. The Kier molecular flexibility index (Phi) is 4.47. The van der Waals surface area contributed by atoms with Crippen molar-refractivity contribution < 1.29 is 27.4 Å². The van der Waals surface area contributed by atoms with Crippen molar-refractivity contribution in [2.75, 3.05) is 21.3 Å². The van der Waals surface area contributed by atoms with Crippen molar-refractivity contribution in [2.45, 2.75) is 6.18 Å². The van der Waals surface area contributed by atoms with Crippen molar-refractivity contribution in [3.63, 3.8) is 0 Å². The number of halogens is 3. The van der Waals surface area contributed by atoms with Gasteiger partial charge in [-0.1, -0.05) is 0 Å². The highest BCUT2D eigenvalue weighted by atomic mass is 19.4. The van der Waals surface area contributed by atoms with Crippen molar-refractivity contribution >= 4 is 6.08 Å². The van der Waals surface area contributed by atoms with Gasteiger partial charge in [0.2, 0.25) is 0 Å². The predicted octanol–water partition coefficient (Wildman–Crippen LogP) is 3.29. The molecule has 0 N–H and O–H groups in total. The number of hydrogen-bond donors (Lipinski definition) is 0. The summed E-state index contributed by atoms with van der Waals surface area (Å²) in [5, 5.41) is 0. The minimum absolute atomic E-state index is 0.136.